The van der Waals surface area contributed by atoms with Gasteiger partial charge in [-0.3, -0.25) is 0 Å². The Kier molecular flexibility index (Phi) is 2.89. The number of nitrogens with one attached hydrogen (secondary N) is 1. The molecule has 86 valence electrons. The maximum Gasteiger partial charge on any atom is 0.117 e. The fourth-order valence-electron chi connectivity index (χ4n) is 1.41. The summed E-state index contributed by atoms with van der Waals surface area (Å²) in [6.45, 7) is 8.95. The number of anilines is 1. The molecule has 2 nitrogen and oxygen atoms in total. The second kappa shape index (κ2) is 4.06. The number of aromatic nitrogens is 1. The summed E-state index contributed by atoms with van der Waals surface area (Å²) >= 11 is 1.55. The fourth-order valence-corrected chi connectivity index (χ4v) is 2.26. The number of nitrogens with zero attached hydrogens (tertiary/aromatic N) is 1. The van der Waals surface area contributed by atoms with E-state index in [1.165, 1.54) is 10.4 Å². The number of hydrogen-bond donors (Lipinski definition) is 1. The van der Waals surface area contributed by atoms with E-state index in [0.29, 0.717) is 6.04 Å². The lowest BCUT2D eigenvalue weighted by atomic mass is 9.88. The summed E-state index contributed by atoms with van der Waals surface area (Å²) in [7, 11) is 0. The quantitative estimate of drug-likeness (QED) is 0.844. The SMILES string of the molecule is CC(Nc1snc2ccccc12)C(C)(C)C. The van der Waals surface area contributed by atoms with Crippen molar-refractivity contribution in [2.24, 2.45) is 5.41 Å². The molecule has 1 unspecified atom stereocenters. The monoisotopic (exact) mass is 234 g/mol. The number of fused-ring (bicyclic) bond motifs is 1. The summed E-state index contributed by atoms with van der Waals surface area (Å²) in [5, 5.41) is 5.97. The van der Waals surface area contributed by atoms with Crippen molar-refractivity contribution in [2.45, 2.75) is 33.7 Å². The molecule has 0 spiro atoms. The van der Waals surface area contributed by atoms with Gasteiger partial charge in [-0.2, -0.15) is 4.37 Å². The van der Waals surface area contributed by atoms with E-state index < -0.39 is 0 Å². The van der Waals surface area contributed by atoms with Crippen LogP contribution in [0, 0.1) is 5.41 Å². The molecule has 0 fully saturated rings. The summed E-state index contributed by atoms with van der Waals surface area (Å²) in [6.07, 6.45) is 0. The van der Waals surface area contributed by atoms with Gasteiger partial charge in [0.1, 0.15) is 5.00 Å². The largest absolute Gasteiger partial charge is 0.372 e. The van der Waals surface area contributed by atoms with Crippen molar-refractivity contribution < 1.29 is 0 Å². The molecular weight excluding hydrogens is 216 g/mol. The summed E-state index contributed by atoms with van der Waals surface area (Å²) < 4.78 is 4.43. The van der Waals surface area contributed by atoms with Crippen LogP contribution in [0.4, 0.5) is 5.00 Å². The molecule has 1 N–H and O–H groups in total. The van der Waals surface area contributed by atoms with Gasteiger partial charge in [0.25, 0.3) is 0 Å². The zero-order valence-corrected chi connectivity index (χ0v) is 11.1. The Balaban J connectivity index is 2.28. The summed E-state index contributed by atoms with van der Waals surface area (Å²) in [5.41, 5.74) is 1.33. The third-order valence-electron chi connectivity index (χ3n) is 3.03. The van der Waals surface area contributed by atoms with Gasteiger partial charge in [-0.05, 0) is 36.0 Å². The van der Waals surface area contributed by atoms with Crippen LogP contribution in [0.15, 0.2) is 24.3 Å². The average Bonchev–Trinajstić information content (AvgIpc) is 2.61. The average molecular weight is 234 g/mol. The minimum atomic E-state index is 0.255. The summed E-state index contributed by atoms with van der Waals surface area (Å²) in [4.78, 5) is 0. The Morgan fingerprint density at radius 3 is 2.62 bits per heavy atom. The predicted molar refractivity (Wildman–Crippen MR) is 72.2 cm³/mol. The van der Waals surface area contributed by atoms with Crippen LogP contribution < -0.4 is 5.32 Å². The Morgan fingerprint density at radius 1 is 1.25 bits per heavy atom. The lowest BCUT2D eigenvalue weighted by molar-refractivity contribution is 0.360. The molecule has 1 aromatic carbocycles. The molecule has 2 rings (SSSR count). The molecule has 1 aromatic heterocycles. The van der Waals surface area contributed by atoms with Crippen molar-refractivity contribution >= 4 is 27.4 Å². The van der Waals surface area contributed by atoms with E-state index in [0.717, 1.165) is 5.52 Å². The first-order chi connectivity index (χ1) is 7.48. The highest BCUT2D eigenvalue weighted by Crippen LogP contribution is 2.30. The first-order valence-corrected chi connectivity index (χ1v) is 6.37. The van der Waals surface area contributed by atoms with Crippen LogP contribution >= 0.6 is 11.5 Å². The standard InChI is InChI=1S/C13H18N2S/c1-9(13(2,3)4)14-12-10-7-5-6-8-11(10)15-16-12/h5-9,14H,1-4H3. The highest BCUT2D eigenvalue weighted by molar-refractivity contribution is 7.11. The van der Waals surface area contributed by atoms with Crippen LogP contribution in [0.25, 0.3) is 10.9 Å². The highest BCUT2D eigenvalue weighted by atomic mass is 32.1. The minimum absolute atomic E-state index is 0.255. The van der Waals surface area contributed by atoms with Crippen molar-refractivity contribution in [3.05, 3.63) is 24.3 Å². The Hall–Kier alpha value is -1.09. The third kappa shape index (κ3) is 2.19. The molecule has 16 heavy (non-hydrogen) atoms. The Morgan fingerprint density at radius 2 is 1.94 bits per heavy atom. The molecule has 0 aliphatic heterocycles. The molecular formula is C13H18N2S. The van der Waals surface area contributed by atoms with E-state index in [1.807, 2.05) is 6.07 Å². The van der Waals surface area contributed by atoms with Crippen molar-refractivity contribution in [1.82, 2.24) is 4.37 Å². The van der Waals surface area contributed by atoms with Gasteiger partial charge in [0, 0.05) is 11.4 Å². The third-order valence-corrected chi connectivity index (χ3v) is 3.84. The van der Waals surface area contributed by atoms with Gasteiger partial charge >= 0.3 is 0 Å². The molecule has 0 aliphatic carbocycles. The van der Waals surface area contributed by atoms with Gasteiger partial charge in [-0.25, -0.2) is 0 Å². The van der Waals surface area contributed by atoms with Crippen molar-refractivity contribution in [2.75, 3.05) is 5.32 Å². The Bertz CT molecular complexity index is 482. The zero-order valence-electron chi connectivity index (χ0n) is 10.2. The molecule has 0 saturated carbocycles. The van der Waals surface area contributed by atoms with Gasteiger partial charge in [0.05, 0.1) is 5.52 Å². The molecule has 0 radical (unpaired) electrons. The molecule has 0 aliphatic rings. The van der Waals surface area contributed by atoms with E-state index in [1.54, 1.807) is 11.5 Å². The smallest absolute Gasteiger partial charge is 0.117 e. The van der Waals surface area contributed by atoms with Crippen LogP contribution in [0.2, 0.25) is 0 Å². The van der Waals surface area contributed by atoms with Crippen LogP contribution in [-0.2, 0) is 0 Å². The number of hydrogen-bond acceptors (Lipinski definition) is 3. The lowest BCUT2D eigenvalue weighted by Crippen LogP contribution is -2.30. The maximum atomic E-state index is 4.43. The van der Waals surface area contributed by atoms with Crippen LogP contribution in [0.3, 0.4) is 0 Å². The second-order valence-corrected chi connectivity index (χ2v) is 6.03. The zero-order chi connectivity index (χ0) is 11.8. The molecule has 1 atom stereocenters. The topological polar surface area (TPSA) is 24.9 Å². The molecule has 2 aromatic rings. The van der Waals surface area contributed by atoms with Gasteiger partial charge < -0.3 is 5.32 Å². The molecule has 1 heterocycles. The van der Waals surface area contributed by atoms with Crippen LogP contribution in [0.1, 0.15) is 27.7 Å². The van der Waals surface area contributed by atoms with Crippen molar-refractivity contribution in [3.63, 3.8) is 0 Å². The fraction of sp³-hybridized carbons (Fsp3) is 0.462. The Labute approximate surface area is 101 Å². The molecule has 3 heteroatoms. The van der Waals surface area contributed by atoms with E-state index >= 15 is 0 Å². The van der Waals surface area contributed by atoms with Gasteiger partial charge in [0.2, 0.25) is 0 Å². The predicted octanol–water partition coefficient (Wildman–Crippen LogP) is 4.14. The van der Waals surface area contributed by atoms with E-state index in [-0.39, 0.29) is 5.41 Å². The van der Waals surface area contributed by atoms with Crippen LogP contribution in [0.5, 0.6) is 0 Å². The number of rotatable bonds is 2. The van der Waals surface area contributed by atoms with Gasteiger partial charge in [-0.1, -0.05) is 32.9 Å². The normalized spacial score (nSPS) is 14.0. The van der Waals surface area contributed by atoms with Gasteiger partial charge in [-0.15, -0.1) is 0 Å². The molecule has 0 saturated heterocycles. The van der Waals surface area contributed by atoms with E-state index in [2.05, 4.69) is 55.6 Å². The first kappa shape index (κ1) is 11.4. The van der Waals surface area contributed by atoms with E-state index in [4.69, 9.17) is 0 Å². The van der Waals surface area contributed by atoms with E-state index in [9.17, 15) is 0 Å². The maximum absolute atomic E-state index is 4.43. The number of benzene rings is 1. The minimum Gasteiger partial charge on any atom is -0.372 e. The van der Waals surface area contributed by atoms with Crippen molar-refractivity contribution in [1.29, 1.82) is 0 Å². The highest BCUT2D eigenvalue weighted by Gasteiger charge is 2.20. The second-order valence-electron chi connectivity index (χ2n) is 5.26. The van der Waals surface area contributed by atoms with Crippen LogP contribution in [-0.4, -0.2) is 10.4 Å². The molecule has 0 bridgehead atoms. The molecule has 0 amide bonds. The van der Waals surface area contributed by atoms with Crippen molar-refractivity contribution in [3.8, 4) is 0 Å². The first-order valence-electron chi connectivity index (χ1n) is 5.59. The summed E-state index contributed by atoms with van der Waals surface area (Å²) in [5.74, 6) is 0. The lowest BCUT2D eigenvalue weighted by Gasteiger charge is -2.28. The van der Waals surface area contributed by atoms with Gasteiger partial charge in [0.15, 0.2) is 0 Å². The summed E-state index contributed by atoms with van der Waals surface area (Å²) in [6, 6.07) is 8.69.